The fraction of sp³-hybridized carbons (Fsp3) is 0.900. The molecule has 0 aliphatic carbocycles. The van der Waals surface area contributed by atoms with Crippen molar-refractivity contribution in [2.24, 2.45) is 0 Å². The van der Waals surface area contributed by atoms with Crippen molar-refractivity contribution in [3.8, 4) is 0 Å². The van der Waals surface area contributed by atoms with Crippen molar-refractivity contribution in [2.45, 2.75) is 25.8 Å². The van der Waals surface area contributed by atoms with Crippen LogP contribution in [0.15, 0.2) is 0 Å². The number of nitrogens with zero attached hydrogens (tertiary/aromatic N) is 2. The molecule has 1 aliphatic rings. The van der Waals surface area contributed by atoms with Crippen molar-refractivity contribution < 1.29 is 0 Å². The normalized spacial score (nSPS) is 22.4. The second kappa shape index (κ2) is 5.51. The first-order chi connectivity index (χ1) is 6.69. The van der Waals surface area contributed by atoms with Gasteiger partial charge in [-0.25, -0.2) is 0 Å². The lowest BCUT2D eigenvalue weighted by Gasteiger charge is -2.28. The highest BCUT2D eigenvalue weighted by molar-refractivity contribution is 7.80. The number of hydrogen-bond donors (Lipinski definition) is 1. The fourth-order valence-corrected chi connectivity index (χ4v) is 2.18. The average Bonchev–Trinajstić information content (AvgIpc) is 2.63. The summed E-state index contributed by atoms with van der Waals surface area (Å²) in [7, 11) is 3.94. The number of likely N-dealkylation sites (N-methyl/N-ethyl adjacent to an activating group) is 2. The number of nitrogens with one attached hydrogen (secondary N) is 1. The molecule has 1 fully saturated rings. The molecule has 0 amide bonds. The van der Waals surface area contributed by atoms with E-state index in [-0.39, 0.29) is 0 Å². The summed E-state index contributed by atoms with van der Waals surface area (Å²) in [5.74, 6) is 0. The van der Waals surface area contributed by atoms with Crippen LogP contribution < -0.4 is 5.32 Å². The largest absolute Gasteiger partial charge is 0.366 e. The lowest BCUT2D eigenvalue weighted by atomic mass is 10.2. The van der Waals surface area contributed by atoms with Crippen molar-refractivity contribution in [1.29, 1.82) is 0 Å². The molecule has 1 heterocycles. The van der Waals surface area contributed by atoms with Crippen molar-refractivity contribution >= 4 is 17.3 Å². The van der Waals surface area contributed by atoms with Crippen LogP contribution in [-0.4, -0.2) is 54.7 Å². The van der Waals surface area contributed by atoms with E-state index in [9.17, 15) is 0 Å². The zero-order valence-corrected chi connectivity index (χ0v) is 10.2. The van der Waals surface area contributed by atoms with Crippen LogP contribution in [0.3, 0.4) is 0 Å². The summed E-state index contributed by atoms with van der Waals surface area (Å²) in [4.78, 5) is 4.67. The van der Waals surface area contributed by atoms with Gasteiger partial charge in [-0.05, 0) is 38.1 Å². The first-order valence-corrected chi connectivity index (χ1v) is 5.76. The Labute approximate surface area is 92.4 Å². The summed E-state index contributed by atoms with van der Waals surface area (Å²) >= 11 is 5.18. The summed E-state index contributed by atoms with van der Waals surface area (Å²) in [5, 5.41) is 3.85. The predicted molar refractivity (Wildman–Crippen MR) is 64.6 cm³/mol. The summed E-state index contributed by atoms with van der Waals surface area (Å²) in [6.45, 7) is 5.69. The van der Waals surface area contributed by atoms with E-state index in [1.54, 1.807) is 0 Å². The lowest BCUT2D eigenvalue weighted by molar-refractivity contribution is 0.234. The molecule has 0 radical (unpaired) electrons. The Morgan fingerprint density at radius 2 is 2.36 bits per heavy atom. The maximum absolute atomic E-state index is 5.18. The van der Waals surface area contributed by atoms with Crippen LogP contribution in [0.1, 0.15) is 19.8 Å². The third-order valence-corrected chi connectivity index (χ3v) is 3.47. The minimum atomic E-state index is 0.691. The van der Waals surface area contributed by atoms with Gasteiger partial charge in [-0.1, -0.05) is 6.92 Å². The minimum absolute atomic E-state index is 0.691. The van der Waals surface area contributed by atoms with Gasteiger partial charge in [0.05, 0.1) is 0 Å². The molecule has 0 spiro atoms. The summed E-state index contributed by atoms with van der Waals surface area (Å²) in [5.41, 5.74) is 0. The zero-order valence-electron chi connectivity index (χ0n) is 9.42. The molecule has 4 heteroatoms. The maximum Gasteiger partial charge on any atom is 0.168 e. The van der Waals surface area contributed by atoms with Crippen LogP contribution in [-0.2, 0) is 0 Å². The van der Waals surface area contributed by atoms with Gasteiger partial charge in [0.1, 0.15) is 0 Å². The van der Waals surface area contributed by atoms with Gasteiger partial charge < -0.3 is 10.2 Å². The first kappa shape index (κ1) is 11.7. The Balaban J connectivity index is 2.39. The molecule has 0 saturated carbocycles. The van der Waals surface area contributed by atoms with E-state index in [2.05, 4.69) is 29.1 Å². The SMILES string of the molecule is CCN1CCCC1CN(C)C(=S)NC. The lowest BCUT2D eigenvalue weighted by Crippen LogP contribution is -2.43. The number of thiocarbonyl (C=S) groups is 1. The van der Waals surface area contributed by atoms with E-state index in [1.165, 1.54) is 19.4 Å². The van der Waals surface area contributed by atoms with Gasteiger partial charge in [0.15, 0.2) is 5.11 Å². The molecule has 1 unspecified atom stereocenters. The second-order valence-electron chi connectivity index (χ2n) is 3.86. The van der Waals surface area contributed by atoms with Crippen LogP contribution in [0, 0.1) is 0 Å². The van der Waals surface area contributed by atoms with Crippen molar-refractivity contribution in [3.63, 3.8) is 0 Å². The van der Waals surface area contributed by atoms with Gasteiger partial charge in [0.2, 0.25) is 0 Å². The molecule has 1 saturated heterocycles. The molecule has 1 atom stereocenters. The van der Waals surface area contributed by atoms with E-state index >= 15 is 0 Å². The minimum Gasteiger partial charge on any atom is -0.366 e. The van der Waals surface area contributed by atoms with Crippen LogP contribution in [0.2, 0.25) is 0 Å². The van der Waals surface area contributed by atoms with E-state index in [1.807, 2.05) is 7.05 Å². The molecular weight excluding hydrogens is 194 g/mol. The standard InChI is InChI=1S/C10H21N3S/c1-4-13-7-5-6-9(13)8-12(3)10(14)11-2/h9H,4-8H2,1-3H3,(H,11,14). The predicted octanol–water partition coefficient (Wildman–Crippen LogP) is 0.907. The molecule has 14 heavy (non-hydrogen) atoms. The first-order valence-electron chi connectivity index (χ1n) is 5.36. The number of likely N-dealkylation sites (tertiary alicyclic amines) is 1. The molecule has 1 aliphatic heterocycles. The van der Waals surface area contributed by atoms with Crippen LogP contribution in [0.4, 0.5) is 0 Å². The van der Waals surface area contributed by atoms with Gasteiger partial charge in [0.25, 0.3) is 0 Å². The van der Waals surface area contributed by atoms with Crippen LogP contribution in [0.25, 0.3) is 0 Å². The zero-order chi connectivity index (χ0) is 10.6. The summed E-state index contributed by atoms with van der Waals surface area (Å²) in [6.07, 6.45) is 2.64. The van der Waals surface area contributed by atoms with Gasteiger partial charge in [-0.15, -0.1) is 0 Å². The third-order valence-electron chi connectivity index (χ3n) is 2.95. The van der Waals surface area contributed by atoms with Gasteiger partial charge in [-0.3, -0.25) is 4.90 Å². The van der Waals surface area contributed by atoms with Gasteiger partial charge in [0, 0.05) is 26.7 Å². The van der Waals surface area contributed by atoms with E-state index < -0.39 is 0 Å². The van der Waals surface area contributed by atoms with E-state index in [0.29, 0.717) is 6.04 Å². The molecular formula is C10H21N3S. The van der Waals surface area contributed by atoms with Gasteiger partial charge in [-0.2, -0.15) is 0 Å². The molecule has 1 N–H and O–H groups in total. The van der Waals surface area contributed by atoms with E-state index in [4.69, 9.17) is 12.2 Å². The van der Waals surface area contributed by atoms with Crippen molar-refractivity contribution in [1.82, 2.24) is 15.1 Å². The average molecular weight is 215 g/mol. The smallest absolute Gasteiger partial charge is 0.168 e. The molecule has 0 aromatic carbocycles. The Morgan fingerprint density at radius 3 is 2.93 bits per heavy atom. The number of hydrogen-bond acceptors (Lipinski definition) is 2. The molecule has 82 valence electrons. The van der Waals surface area contributed by atoms with Crippen LogP contribution >= 0.6 is 12.2 Å². The van der Waals surface area contributed by atoms with Crippen LogP contribution in [0.5, 0.6) is 0 Å². The summed E-state index contributed by atoms with van der Waals surface area (Å²) in [6, 6.07) is 0.691. The Morgan fingerprint density at radius 1 is 1.64 bits per heavy atom. The maximum atomic E-state index is 5.18. The molecule has 1 rings (SSSR count). The highest BCUT2D eigenvalue weighted by Gasteiger charge is 2.24. The third kappa shape index (κ3) is 2.82. The molecule has 0 bridgehead atoms. The van der Waals surface area contributed by atoms with Crippen molar-refractivity contribution in [3.05, 3.63) is 0 Å². The molecule has 3 nitrogen and oxygen atoms in total. The fourth-order valence-electron chi connectivity index (χ4n) is 2.11. The number of rotatable bonds is 3. The Kier molecular flexibility index (Phi) is 4.62. The quantitative estimate of drug-likeness (QED) is 0.705. The Bertz CT molecular complexity index is 196. The monoisotopic (exact) mass is 215 g/mol. The molecule has 0 aromatic rings. The Hall–Kier alpha value is -0.350. The second-order valence-corrected chi connectivity index (χ2v) is 4.25. The molecule has 0 aromatic heterocycles. The van der Waals surface area contributed by atoms with Crippen molar-refractivity contribution in [2.75, 3.05) is 33.7 Å². The highest BCUT2D eigenvalue weighted by Crippen LogP contribution is 2.17. The summed E-state index contributed by atoms with van der Waals surface area (Å²) < 4.78 is 0. The van der Waals surface area contributed by atoms with Gasteiger partial charge >= 0.3 is 0 Å². The topological polar surface area (TPSA) is 18.5 Å². The van der Waals surface area contributed by atoms with E-state index in [0.717, 1.165) is 18.2 Å². The highest BCUT2D eigenvalue weighted by atomic mass is 32.1.